The van der Waals surface area contributed by atoms with Crippen LogP contribution in [0.3, 0.4) is 0 Å². The molecule has 0 spiro atoms. The van der Waals surface area contributed by atoms with Crippen molar-refractivity contribution in [3.8, 4) is 11.4 Å². The van der Waals surface area contributed by atoms with E-state index in [-0.39, 0.29) is 5.91 Å². The van der Waals surface area contributed by atoms with Gasteiger partial charge in [-0.05, 0) is 38.2 Å². The van der Waals surface area contributed by atoms with Crippen molar-refractivity contribution in [1.82, 2.24) is 24.6 Å². The number of amides is 1. The van der Waals surface area contributed by atoms with Crippen LogP contribution in [0.15, 0.2) is 24.5 Å². The Morgan fingerprint density at radius 2 is 2.19 bits per heavy atom. The van der Waals surface area contributed by atoms with E-state index in [4.69, 9.17) is 12.2 Å². The Morgan fingerprint density at radius 3 is 2.81 bits per heavy atom. The summed E-state index contributed by atoms with van der Waals surface area (Å²) in [5.74, 6) is 0.834. The van der Waals surface area contributed by atoms with Gasteiger partial charge in [-0.25, -0.2) is 0 Å². The number of rotatable bonds is 6. The lowest BCUT2D eigenvalue weighted by Crippen LogP contribution is -2.31. The van der Waals surface area contributed by atoms with Crippen LogP contribution in [0.25, 0.3) is 11.4 Å². The minimum Gasteiger partial charge on any atom is -0.343 e. The Labute approximate surface area is 128 Å². The molecule has 0 atom stereocenters. The van der Waals surface area contributed by atoms with Crippen LogP contribution >= 0.6 is 12.2 Å². The van der Waals surface area contributed by atoms with Gasteiger partial charge < -0.3 is 4.90 Å². The van der Waals surface area contributed by atoms with Crippen molar-refractivity contribution in [3.05, 3.63) is 29.3 Å². The molecule has 0 aliphatic heterocycles. The summed E-state index contributed by atoms with van der Waals surface area (Å²) in [4.78, 5) is 18.0. The standard InChI is InChI=1S/C14H19N5OS/c1-3-18(4-2)12(20)7-9-19-13(16-17-14(19)21)11-6-5-8-15-10-11/h5-6,8,10H,3-4,7,9H2,1-2H3,(H,17,21). The molecule has 0 saturated heterocycles. The number of hydrogen-bond donors (Lipinski definition) is 1. The van der Waals surface area contributed by atoms with Crippen LogP contribution in [-0.2, 0) is 11.3 Å². The number of nitrogens with zero attached hydrogens (tertiary/aromatic N) is 4. The summed E-state index contributed by atoms with van der Waals surface area (Å²) < 4.78 is 2.36. The highest BCUT2D eigenvalue weighted by Gasteiger charge is 2.13. The molecule has 0 aliphatic rings. The number of aromatic nitrogens is 4. The van der Waals surface area contributed by atoms with Crippen molar-refractivity contribution in [2.24, 2.45) is 0 Å². The lowest BCUT2D eigenvalue weighted by molar-refractivity contribution is -0.131. The third kappa shape index (κ3) is 3.55. The first-order valence-electron chi connectivity index (χ1n) is 7.00. The molecule has 1 N–H and O–H groups in total. The average Bonchev–Trinajstić information content (AvgIpc) is 2.88. The SMILES string of the molecule is CCN(CC)C(=O)CCn1c(-c2cccnc2)n[nH]c1=S. The summed E-state index contributed by atoms with van der Waals surface area (Å²) in [7, 11) is 0. The minimum atomic E-state index is 0.125. The second-order valence-electron chi connectivity index (χ2n) is 4.56. The first-order chi connectivity index (χ1) is 10.2. The van der Waals surface area contributed by atoms with Gasteiger partial charge in [0.1, 0.15) is 0 Å². The third-order valence-corrected chi connectivity index (χ3v) is 3.66. The van der Waals surface area contributed by atoms with Gasteiger partial charge >= 0.3 is 0 Å². The van der Waals surface area contributed by atoms with Gasteiger partial charge in [0.25, 0.3) is 0 Å². The molecule has 2 aromatic rings. The Hall–Kier alpha value is -2.02. The Kier molecular flexibility index (Phi) is 5.21. The molecular formula is C14H19N5OS. The quantitative estimate of drug-likeness (QED) is 0.831. The number of aromatic amines is 1. The number of pyridine rings is 1. The van der Waals surface area contributed by atoms with Gasteiger partial charge in [-0.15, -0.1) is 0 Å². The van der Waals surface area contributed by atoms with Crippen LogP contribution in [-0.4, -0.2) is 43.6 Å². The Bertz CT molecular complexity index is 645. The predicted molar refractivity (Wildman–Crippen MR) is 83.2 cm³/mol. The van der Waals surface area contributed by atoms with Gasteiger partial charge in [-0.1, -0.05) is 0 Å². The van der Waals surface area contributed by atoms with Gasteiger partial charge in [0.05, 0.1) is 0 Å². The molecule has 0 radical (unpaired) electrons. The van der Waals surface area contributed by atoms with E-state index in [9.17, 15) is 4.79 Å². The first kappa shape index (κ1) is 15.4. The molecule has 0 saturated carbocycles. The van der Waals surface area contributed by atoms with Crippen LogP contribution in [0.4, 0.5) is 0 Å². The monoisotopic (exact) mass is 305 g/mol. The van der Waals surface area contributed by atoms with Crippen LogP contribution < -0.4 is 0 Å². The van der Waals surface area contributed by atoms with Crippen LogP contribution in [0.5, 0.6) is 0 Å². The molecular weight excluding hydrogens is 286 g/mol. The van der Waals surface area contributed by atoms with E-state index in [0.29, 0.717) is 23.6 Å². The molecule has 112 valence electrons. The van der Waals surface area contributed by atoms with E-state index in [1.165, 1.54) is 0 Å². The summed E-state index contributed by atoms with van der Waals surface area (Å²) in [6, 6.07) is 3.76. The normalized spacial score (nSPS) is 10.6. The van der Waals surface area contributed by atoms with Crippen molar-refractivity contribution in [3.63, 3.8) is 0 Å². The fourth-order valence-corrected chi connectivity index (χ4v) is 2.41. The van der Waals surface area contributed by atoms with Crippen LogP contribution in [0, 0.1) is 4.77 Å². The van der Waals surface area contributed by atoms with Crippen molar-refractivity contribution in [1.29, 1.82) is 0 Å². The van der Waals surface area contributed by atoms with Gasteiger partial charge in [0.2, 0.25) is 5.91 Å². The number of carbonyl (C=O) groups excluding carboxylic acids is 1. The number of H-pyrrole nitrogens is 1. The van der Waals surface area contributed by atoms with Gasteiger partial charge in [0.15, 0.2) is 10.6 Å². The van der Waals surface area contributed by atoms with E-state index in [1.54, 1.807) is 12.4 Å². The molecule has 2 rings (SSSR count). The third-order valence-electron chi connectivity index (χ3n) is 3.34. The molecule has 0 unspecified atom stereocenters. The fourth-order valence-electron chi connectivity index (χ4n) is 2.18. The summed E-state index contributed by atoms with van der Waals surface area (Å²) in [6.45, 7) is 5.91. The van der Waals surface area contributed by atoms with Crippen molar-refractivity contribution in [2.45, 2.75) is 26.8 Å². The molecule has 0 aromatic carbocycles. The topological polar surface area (TPSA) is 66.8 Å². The van der Waals surface area contributed by atoms with Crippen molar-refractivity contribution < 1.29 is 4.79 Å². The molecule has 1 amide bonds. The predicted octanol–water partition coefficient (Wildman–Crippen LogP) is 2.26. The molecule has 21 heavy (non-hydrogen) atoms. The van der Waals surface area contributed by atoms with Crippen molar-refractivity contribution in [2.75, 3.05) is 13.1 Å². The minimum absolute atomic E-state index is 0.125. The van der Waals surface area contributed by atoms with E-state index in [2.05, 4.69) is 15.2 Å². The average molecular weight is 305 g/mol. The maximum Gasteiger partial charge on any atom is 0.224 e. The molecule has 0 bridgehead atoms. The highest BCUT2D eigenvalue weighted by atomic mass is 32.1. The second-order valence-corrected chi connectivity index (χ2v) is 4.95. The maximum atomic E-state index is 12.1. The van der Waals surface area contributed by atoms with Gasteiger partial charge in [-0.2, -0.15) is 5.10 Å². The maximum absolute atomic E-state index is 12.1. The summed E-state index contributed by atoms with van der Waals surface area (Å²) >= 11 is 5.25. The summed E-state index contributed by atoms with van der Waals surface area (Å²) in [5, 5.41) is 7.01. The summed E-state index contributed by atoms with van der Waals surface area (Å²) in [5.41, 5.74) is 0.875. The van der Waals surface area contributed by atoms with E-state index < -0.39 is 0 Å². The molecule has 6 nitrogen and oxygen atoms in total. The van der Waals surface area contributed by atoms with E-state index in [0.717, 1.165) is 18.7 Å². The number of nitrogens with one attached hydrogen (secondary N) is 1. The fraction of sp³-hybridized carbons (Fsp3) is 0.429. The van der Waals surface area contributed by atoms with Crippen molar-refractivity contribution >= 4 is 18.1 Å². The van der Waals surface area contributed by atoms with E-state index in [1.807, 2.05) is 35.4 Å². The summed E-state index contributed by atoms with van der Waals surface area (Å²) in [6.07, 6.45) is 3.84. The lowest BCUT2D eigenvalue weighted by atomic mass is 10.2. The molecule has 2 heterocycles. The zero-order chi connectivity index (χ0) is 15.2. The van der Waals surface area contributed by atoms with Crippen LogP contribution in [0.2, 0.25) is 0 Å². The highest BCUT2D eigenvalue weighted by molar-refractivity contribution is 7.71. The zero-order valence-electron chi connectivity index (χ0n) is 12.2. The number of carbonyl (C=O) groups is 1. The second kappa shape index (κ2) is 7.12. The van der Waals surface area contributed by atoms with Crippen LogP contribution in [0.1, 0.15) is 20.3 Å². The largest absolute Gasteiger partial charge is 0.343 e. The molecule has 0 aliphatic carbocycles. The number of hydrogen-bond acceptors (Lipinski definition) is 4. The molecule has 7 heteroatoms. The smallest absolute Gasteiger partial charge is 0.224 e. The first-order valence-corrected chi connectivity index (χ1v) is 7.41. The van der Waals surface area contributed by atoms with E-state index >= 15 is 0 Å². The molecule has 0 fully saturated rings. The molecule has 2 aromatic heterocycles. The Balaban J connectivity index is 2.16. The zero-order valence-corrected chi connectivity index (χ0v) is 13.1. The lowest BCUT2D eigenvalue weighted by Gasteiger charge is -2.18. The highest BCUT2D eigenvalue weighted by Crippen LogP contribution is 2.16. The van der Waals surface area contributed by atoms with Gasteiger partial charge in [0, 0.05) is 44.0 Å². The Morgan fingerprint density at radius 1 is 1.43 bits per heavy atom. The van der Waals surface area contributed by atoms with Gasteiger partial charge in [-0.3, -0.25) is 19.4 Å².